The van der Waals surface area contributed by atoms with Crippen molar-refractivity contribution in [3.8, 4) is 0 Å². The Morgan fingerprint density at radius 1 is 1.08 bits per heavy atom. The molecule has 1 saturated heterocycles. The van der Waals surface area contributed by atoms with Crippen molar-refractivity contribution in [3.63, 3.8) is 0 Å². The first-order valence-electron chi connectivity index (χ1n) is 12.9. The molecule has 0 aromatic heterocycles. The molecule has 3 rings (SSSR count). The van der Waals surface area contributed by atoms with Crippen molar-refractivity contribution < 1.29 is 23.5 Å². The van der Waals surface area contributed by atoms with Gasteiger partial charge in [0.15, 0.2) is 8.32 Å². The molecule has 1 aliphatic heterocycles. The highest BCUT2D eigenvalue weighted by Gasteiger charge is 2.47. The van der Waals surface area contributed by atoms with Crippen molar-refractivity contribution in [1.29, 1.82) is 0 Å². The third kappa shape index (κ3) is 7.19. The summed E-state index contributed by atoms with van der Waals surface area (Å²) in [6.07, 6.45) is -1.09. The standard InChI is InChI=1S/C29H39Cl2NO5Si/c1-19(15-16-36-38(6,7)29(2,3)4)32-26(20-11-13-22(30)14-12-20)27(21-9-8-10-23(31)17-21)37-24(28(32)34)18-25(33)35-5/h8-14,17,19,24,26-27H,15-16,18H2,1-7H3/t19-,24-,26+,27+/m0/s1. The minimum absolute atomic E-state index is 0.0835. The number of ether oxygens (including phenoxy) is 2. The predicted molar refractivity (Wildman–Crippen MR) is 154 cm³/mol. The van der Waals surface area contributed by atoms with Gasteiger partial charge in [0, 0.05) is 22.7 Å². The average Bonchev–Trinajstić information content (AvgIpc) is 2.84. The number of halogens is 2. The van der Waals surface area contributed by atoms with Gasteiger partial charge in [-0.05, 0) is 66.9 Å². The first kappa shape index (κ1) is 30.6. The highest BCUT2D eigenvalue weighted by atomic mass is 35.5. The monoisotopic (exact) mass is 579 g/mol. The molecular weight excluding hydrogens is 541 g/mol. The van der Waals surface area contributed by atoms with E-state index in [1.165, 1.54) is 7.11 Å². The Hall–Kier alpha value is -1.90. The maximum absolute atomic E-state index is 13.9. The summed E-state index contributed by atoms with van der Waals surface area (Å²) in [6, 6.07) is 14.2. The van der Waals surface area contributed by atoms with Gasteiger partial charge in [-0.2, -0.15) is 0 Å². The predicted octanol–water partition coefficient (Wildman–Crippen LogP) is 7.37. The Labute approximate surface area is 237 Å². The molecule has 208 valence electrons. The molecule has 1 fully saturated rings. The summed E-state index contributed by atoms with van der Waals surface area (Å²) in [7, 11) is -0.652. The van der Waals surface area contributed by atoms with Crippen molar-refractivity contribution >= 4 is 43.4 Å². The summed E-state index contributed by atoms with van der Waals surface area (Å²) in [6.45, 7) is 13.6. The Kier molecular flexibility index (Phi) is 10.1. The Balaban J connectivity index is 2.02. The number of rotatable bonds is 9. The lowest BCUT2D eigenvalue weighted by Crippen LogP contribution is -2.55. The highest BCUT2D eigenvalue weighted by molar-refractivity contribution is 6.74. The summed E-state index contributed by atoms with van der Waals surface area (Å²) < 4.78 is 17.7. The number of methoxy groups -OCH3 is 1. The molecule has 0 bridgehead atoms. The van der Waals surface area contributed by atoms with Crippen LogP contribution in [-0.4, -0.2) is 51.0 Å². The van der Waals surface area contributed by atoms with Crippen LogP contribution < -0.4 is 0 Å². The molecule has 0 aliphatic carbocycles. The number of hydrogen-bond acceptors (Lipinski definition) is 5. The van der Waals surface area contributed by atoms with Crippen LogP contribution in [0.1, 0.15) is 63.8 Å². The molecule has 2 aromatic carbocycles. The fraction of sp³-hybridized carbons (Fsp3) is 0.517. The second kappa shape index (κ2) is 12.5. The summed E-state index contributed by atoms with van der Waals surface area (Å²) in [5.41, 5.74) is 1.69. The van der Waals surface area contributed by atoms with E-state index >= 15 is 0 Å². The summed E-state index contributed by atoms with van der Waals surface area (Å²) >= 11 is 12.6. The second-order valence-electron chi connectivity index (χ2n) is 11.4. The van der Waals surface area contributed by atoms with Gasteiger partial charge in [0.2, 0.25) is 0 Å². The van der Waals surface area contributed by atoms with Crippen LogP contribution >= 0.6 is 23.2 Å². The van der Waals surface area contributed by atoms with E-state index in [0.717, 1.165) is 11.1 Å². The summed E-state index contributed by atoms with van der Waals surface area (Å²) in [5, 5.41) is 1.24. The lowest BCUT2D eigenvalue weighted by Gasteiger charge is -2.47. The molecule has 9 heteroatoms. The minimum atomic E-state index is -1.96. The second-order valence-corrected chi connectivity index (χ2v) is 17.1. The summed E-state index contributed by atoms with van der Waals surface area (Å²) in [4.78, 5) is 28.0. The van der Waals surface area contributed by atoms with Crippen molar-refractivity contribution in [1.82, 2.24) is 4.90 Å². The molecular formula is C29H39Cl2NO5Si. The lowest BCUT2D eigenvalue weighted by atomic mass is 9.89. The van der Waals surface area contributed by atoms with E-state index in [4.69, 9.17) is 37.1 Å². The smallest absolute Gasteiger partial charge is 0.308 e. The van der Waals surface area contributed by atoms with Gasteiger partial charge >= 0.3 is 5.97 Å². The van der Waals surface area contributed by atoms with E-state index in [9.17, 15) is 9.59 Å². The van der Waals surface area contributed by atoms with E-state index in [1.54, 1.807) is 18.2 Å². The van der Waals surface area contributed by atoms with E-state index in [2.05, 4.69) is 33.9 Å². The zero-order valence-corrected chi connectivity index (χ0v) is 25.8. The normalized spacial score (nSPS) is 21.3. The molecule has 1 aliphatic rings. The van der Waals surface area contributed by atoms with Crippen LogP contribution in [0.3, 0.4) is 0 Å². The number of carbonyl (C=O) groups excluding carboxylic acids is 2. The number of benzene rings is 2. The maximum atomic E-state index is 13.9. The van der Waals surface area contributed by atoms with Gasteiger partial charge in [0.25, 0.3) is 5.91 Å². The molecule has 1 heterocycles. The van der Waals surface area contributed by atoms with Gasteiger partial charge in [0.1, 0.15) is 12.2 Å². The fourth-order valence-electron chi connectivity index (χ4n) is 4.40. The van der Waals surface area contributed by atoms with Gasteiger partial charge < -0.3 is 18.8 Å². The molecule has 0 N–H and O–H groups in total. The van der Waals surface area contributed by atoms with Crippen molar-refractivity contribution in [2.45, 2.75) is 83.0 Å². The van der Waals surface area contributed by atoms with Crippen LogP contribution in [0, 0.1) is 0 Å². The van der Waals surface area contributed by atoms with Gasteiger partial charge in [0.05, 0.1) is 19.6 Å². The van der Waals surface area contributed by atoms with Gasteiger partial charge in [-0.3, -0.25) is 9.59 Å². The third-order valence-corrected chi connectivity index (χ3v) is 12.7. The molecule has 1 amide bonds. The van der Waals surface area contributed by atoms with Gasteiger partial charge in [-0.1, -0.05) is 68.2 Å². The van der Waals surface area contributed by atoms with Crippen LogP contribution in [0.15, 0.2) is 48.5 Å². The van der Waals surface area contributed by atoms with Crippen LogP contribution in [-0.2, 0) is 23.5 Å². The third-order valence-electron chi connectivity index (χ3n) is 7.68. The summed E-state index contributed by atoms with van der Waals surface area (Å²) in [5.74, 6) is -0.763. The van der Waals surface area contributed by atoms with Crippen LogP contribution in [0.25, 0.3) is 0 Å². The van der Waals surface area contributed by atoms with Gasteiger partial charge in [-0.15, -0.1) is 0 Å². The van der Waals surface area contributed by atoms with E-state index < -0.39 is 32.5 Å². The first-order chi connectivity index (χ1) is 17.7. The highest BCUT2D eigenvalue weighted by Crippen LogP contribution is 2.45. The van der Waals surface area contributed by atoms with Crippen LogP contribution in [0.2, 0.25) is 28.2 Å². The minimum Gasteiger partial charge on any atom is -0.469 e. The molecule has 2 aromatic rings. The average molecular weight is 581 g/mol. The Bertz CT molecular complexity index is 1120. The maximum Gasteiger partial charge on any atom is 0.308 e. The number of amides is 1. The van der Waals surface area contributed by atoms with E-state index in [-0.39, 0.29) is 23.4 Å². The van der Waals surface area contributed by atoms with Crippen LogP contribution in [0.5, 0.6) is 0 Å². The first-order valence-corrected chi connectivity index (χ1v) is 16.6. The number of hydrogen-bond donors (Lipinski definition) is 0. The largest absolute Gasteiger partial charge is 0.469 e. The Morgan fingerprint density at radius 3 is 2.32 bits per heavy atom. The van der Waals surface area contributed by atoms with Gasteiger partial charge in [-0.25, -0.2) is 0 Å². The zero-order valence-electron chi connectivity index (χ0n) is 23.3. The number of esters is 1. The number of nitrogens with zero attached hydrogens (tertiary/aromatic N) is 1. The SMILES string of the molecule is COC(=O)C[C@@H]1O[C@H](c2cccc(Cl)c2)[C@@H](c2ccc(Cl)cc2)N([C@@H](C)CCO[Si](C)(C)C(C)(C)C)C1=O. The van der Waals surface area contributed by atoms with Crippen molar-refractivity contribution in [2.75, 3.05) is 13.7 Å². The fourth-order valence-corrected chi connectivity index (χ4v) is 5.79. The lowest BCUT2D eigenvalue weighted by molar-refractivity contribution is -0.183. The molecule has 0 radical (unpaired) electrons. The molecule has 0 spiro atoms. The van der Waals surface area contributed by atoms with Crippen molar-refractivity contribution in [3.05, 3.63) is 69.7 Å². The Morgan fingerprint density at radius 2 is 1.74 bits per heavy atom. The molecule has 6 nitrogen and oxygen atoms in total. The molecule has 4 atom stereocenters. The number of morpholine rings is 1. The van der Waals surface area contributed by atoms with Crippen LogP contribution in [0.4, 0.5) is 0 Å². The molecule has 38 heavy (non-hydrogen) atoms. The van der Waals surface area contributed by atoms with Crippen molar-refractivity contribution in [2.24, 2.45) is 0 Å². The molecule has 0 saturated carbocycles. The molecule has 0 unspecified atom stereocenters. The zero-order chi connectivity index (χ0) is 28.3. The topological polar surface area (TPSA) is 65.1 Å². The number of carbonyl (C=O) groups is 2. The van der Waals surface area contributed by atoms with E-state index in [0.29, 0.717) is 23.1 Å². The van der Waals surface area contributed by atoms with E-state index in [1.807, 2.05) is 42.2 Å². The quantitative estimate of drug-likeness (QED) is 0.229.